The van der Waals surface area contributed by atoms with Gasteiger partial charge in [-0.25, -0.2) is 0 Å². The molecule has 1 amide bonds. The van der Waals surface area contributed by atoms with Crippen LogP contribution < -0.4 is 9.64 Å². The molecule has 4 heteroatoms. The first-order valence-electron chi connectivity index (χ1n) is 5.55. The number of carbonyl (C=O) groups excluding carboxylic acids is 2. The molecule has 0 aromatic heterocycles. The number of ketones is 1. The van der Waals surface area contributed by atoms with E-state index < -0.39 is 0 Å². The molecule has 2 rings (SSSR count). The zero-order valence-corrected chi connectivity index (χ0v) is 10.2. The van der Waals surface area contributed by atoms with Crippen molar-refractivity contribution in [3.8, 4) is 5.75 Å². The van der Waals surface area contributed by atoms with Crippen molar-refractivity contribution in [3.63, 3.8) is 0 Å². The summed E-state index contributed by atoms with van der Waals surface area (Å²) >= 11 is 0. The highest BCUT2D eigenvalue weighted by atomic mass is 16.5. The number of benzene rings is 1. The van der Waals surface area contributed by atoms with Crippen molar-refractivity contribution in [1.29, 1.82) is 0 Å². The van der Waals surface area contributed by atoms with E-state index in [4.69, 9.17) is 4.74 Å². The SMILES string of the molecule is COc1ccc2c(c1)C(=O)CC(C)N2C(C)=O. The topological polar surface area (TPSA) is 46.6 Å². The maximum atomic E-state index is 11.9. The van der Waals surface area contributed by atoms with Crippen LogP contribution in [-0.4, -0.2) is 24.8 Å². The van der Waals surface area contributed by atoms with E-state index in [0.29, 0.717) is 23.4 Å². The normalized spacial score (nSPS) is 18.9. The second-order valence-electron chi connectivity index (χ2n) is 4.25. The molecular formula is C13H15NO3. The number of carbonyl (C=O) groups is 2. The molecule has 0 spiro atoms. The Kier molecular flexibility index (Phi) is 2.88. The van der Waals surface area contributed by atoms with Crippen molar-refractivity contribution in [2.75, 3.05) is 12.0 Å². The van der Waals surface area contributed by atoms with Gasteiger partial charge in [0.2, 0.25) is 5.91 Å². The van der Waals surface area contributed by atoms with Crippen LogP contribution in [0.5, 0.6) is 5.75 Å². The van der Waals surface area contributed by atoms with Crippen molar-refractivity contribution >= 4 is 17.4 Å². The lowest BCUT2D eigenvalue weighted by Crippen LogP contribution is -2.42. The fourth-order valence-electron chi connectivity index (χ4n) is 2.26. The lowest BCUT2D eigenvalue weighted by Gasteiger charge is -2.33. The van der Waals surface area contributed by atoms with Crippen molar-refractivity contribution < 1.29 is 14.3 Å². The zero-order chi connectivity index (χ0) is 12.6. The molecule has 0 N–H and O–H groups in total. The molecule has 1 aliphatic rings. The molecule has 1 unspecified atom stereocenters. The van der Waals surface area contributed by atoms with Gasteiger partial charge in [-0.2, -0.15) is 0 Å². The van der Waals surface area contributed by atoms with Crippen LogP contribution in [-0.2, 0) is 4.79 Å². The molecule has 1 atom stereocenters. The summed E-state index contributed by atoms with van der Waals surface area (Å²) in [6, 6.07) is 5.14. The van der Waals surface area contributed by atoms with Gasteiger partial charge in [0.05, 0.1) is 12.8 Å². The number of anilines is 1. The number of hydrogen-bond acceptors (Lipinski definition) is 3. The van der Waals surface area contributed by atoms with E-state index in [1.54, 1.807) is 30.2 Å². The summed E-state index contributed by atoms with van der Waals surface area (Å²) in [5, 5.41) is 0. The van der Waals surface area contributed by atoms with Gasteiger partial charge in [0.15, 0.2) is 5.78 Å². The largest absolute Gasteiger partial charge is 0.497 e. The van der Waals surface area contributed by atoms with E-state index >= 15 is 0 Å². The van der Waals surface area contributed by atoms with Crippen LogP contribution in [0.2, 0.25) is 0 Å². The van der Waals surface area contributed by atoms with Crippen LogP contribution in [0.3, 0.4) is 0 Å². The van der Waals surface area contributed by atoms with Gasteiger partial charge in [0.25, 0.3) is 0 Å². The van der Waals surface area contributed by atoms with Gasteiger partial charge in [-0.3, -0.25) is 9.59 Å². The van der Waals surface area contributed by atoms with Crippen molar-refractivity contribution in [2.45, 2.75) is 26.3 Å². The predicted molar refractivity (Wildman–Crippen MR) is 64.6 cm³/mol. The van der Waals surface area contributed by atoms with Gasteiger partial charge < -0.3 is 9.64 Å². The van der Waals surface area contributed by atoms with Gasteiger partial charge in [0.1, 0.15) is 5.75 Å². The minimum atomic E-state index is -0.0825. The third-order valence-electron chi connectivity index (χ3n) is 3.02. The third-order valence-corrected chi connectivity index (χ3v) is 3.02. The Hall–Kier alpha value is -1.84. The molecule has 90 valence electrons. The van der Waals surface area contributed by atoms with Crippen LogP contribution in [0.1, 0.15) is 30.6 Å². The summed E-state index contributed by atoms with van der Waals surface area (Å²) in [4.78, 5) is 25.2. The van der Waals surface area contributed by atoms with Gasteiger partial charge in [-0.15, -0.1) is 0 Å². The number of methoxy groups -OCH3 is 1. The first-order valence-corrected chi connectivity index (χ1v) is 5.55. The standard InChI is InChI=1S/C13H15NO3/c1-8-6-13(16)11-7-10(17-3)4-5-12(11)14(8)9(2)15/h4-5,7-8H,6H2,1-3H3. The predicted octanol–water partition coefficient (Wildman–Crippen LogP) is 2.02. The molecule has 4 nitrogen and oxygen atoms in total. The van der Waals surface area contributed by atoms with Crippen LogP contribution in [0.25, 0.3) is 0 Å². The summed E-state index contributed by atoms with van der Waals surface area (Å²) in [5.74, 6) is 0.649. The van der Waals surface area contributed by atoms with Gasteiger partial charge in [-0.1, -0.05) is 0 Å². The highest BCUT2D eigenvalue weighted by Gasteiger charge is 2.31. The third kappa shape index (κ3) is 1.90. The molecule has 0 radical (unpaired) electrons. The summed E-state index contributed by atoms with van der Waals surface area (Å²) in [6.45, 7) is 3.40. The van der Waals surface area contributed by atoms with Gasteiger partial charge >= 0.3 is 0 Å². The Morgan fingerprint density at radius 1 is 1.47 bits per heavy atom. The number of ether oxygens (including phenoxy) is 1. The summed E-state index contributed by atoms with van der Waals surface area (Å²) in [7, 11) is 1.56. The van der Waals surface area contributed by atoms with Crippen LogP contribution >= 0.6 is 0 Å². The first-order chi connectivity index (χ1) is 8.04. The number of amides is 1. The Morgan fingerprint density at radius 3 is 2.76 bits per heavy atom. The molecule has 0 saturated heterocycles. The molecule has 0 saturated carbocycles. The zero-order valence-electron chi connectivity index (χ0n) is 10.2. The fourth-order valence-corrected chi connectivity index (χ4v) is 2.26. The molecule has 0 fully saturated rings. The van der Waals surface area contributed by atoms with Crippen molar-refractivity contribution in [3.05, 3.63) is 23.8 Å². The van der Waals surface area contributed by atoms with Crippen molar-refractivity contribution in [1.82, 2.24) is 0 Å². The fraction of sp³-hybridized carbons (Fsp3) is 0.385. The Bertz CT molecular complexity index is 482. The van der Waals surface area contributed by atoms with E-state index in [0.717, 1.165) is 0 Å². The Balaban J connectivity index is 2.55. The maximum Gasteiger partial charge on any atom is 0.224 e. The molecule has 1 aliphatic heterocycles. The highest BCUT2D eigenvalue weighted by Crippen LogP contribution is 2.33. The minimum Gasteiger partial charge on any atom is -0.497 e. The smallest absolute Gasteiger partial charge is 0.224 e. The summed E-state index contributed by atoms with van der Waals surface area (Å²) in [5.41, 5.74) is 1.25. The summed E-state index contributed by atoms with van der Waals surface area (Å²) < 4.78 is 5.10. The molecule has 0 bridgehead atoms. The van der Waals surface area contributed by atoms with E-state index in [1.165, 1.54) is 6.92 Å². The monoisotopic (exact) mass is 233 g/mol. The molecule has 1 aromatic carbocycles. The minimum absolute atomic E-state index is 0.0450. The van der Waals surface area contributed by atoms with E-state index in [9.17, 15) is 9.59 Å². The molecule has 0 aliphatic carbocycles. The van der Waals surface area contributed by atoms with Crippen LogP contribution in [0.15, 0.2) is 18.2 Å². The average molecular weight is 233 g/mol. The van der Waals surface area contributed by atoms with E-state index in [2.05, 4.69) is 0 Å². The van der Waals surface area contributed by atoms with E-state index in [1.807, 2.05) is 6.92 Å². The van der Waals surface area contributed by atoms with Crippen molar-refractivity contribution in [2.24, 2.45) is 0 Å². The number of Topliss-reactive ketones (excluding diaryl/α,β-unsaturated/α-hetero) is 1. The number of hydrogen-bond donors (Lipinski definition) is 0. The molecule has 17 heavy (non-hydrogen) atoms. The molecule has 1 heterocycles. The average Bonchev–Trinajstić information content (AvgIpc) is 2.28. The Morgan fingerprint density at radius 2 is 2.18 bits per heavy atom. The second kappa shape index (κ2) is 4.20. The van der Waals surface area contributed by atoms with Gasteiger partial charge in [0, 0.05) is 24.9 Å². The van der Waals surface area contributed by atoms with E-state index in [-0.39, 0.29) is 17.7 Å². The molecular weight excluding hydrogens is 218 g/mol. The number of nitrogens with zero attached hydrogens (tertiary/aromatic N) is 1. The number of fused-ring (bicyclic) bond motifs is 1. The maximum absolute atomic E-state index is 11.9. The molecule has 1 aromatic rings. The summed E-state index contributed by atoms with van der Waals surface area (Å²) in [6.07, 6.45) is 0.361. The van der Waals surface area contributed by atoms with Crippen LogP contribution in [0.4, 0.5) is 5.69 Å². The highest BCUT2D eigenvalue weighted by molar-refractivity contribution is 6.09. The Labute approximate surface area is 100 Å². The number of rotatable bonds is 1. The lowest BCUT2D eigenvalue weighted by molar-refractivity contribution is -0.117. The van der Waals surface area contributed by atoms with Gasteiger partial charge in [-0.05, 0) is 25.1 Å². The first kappa shape index (κ1) is 11.6. The lowest BCUT2D eigenvalue weighted by atomic mass is 9.95. The second-order valence-corrected chi connectivity index (χ2v) is 4.25. The van der Waals surface area contributed by atoms with Crippen LogP contribution in [0, 0.1) is 0 Å². The quantitative estimate of drug-likeness (QED) is 0.745.